The van der Waals surface area contributed by atoms with Crippen LogP contribution in [0.25, 0.3) is 0 Å². The van der Waals surface area contributed by atoms with Gasteiger partial charge in [0.25, 0.3) is 5.91 Å². The van der Waals surface area contributed by atoms with Crippen LogP contribution in [0.4, 0.5) is 4.39 Å². The lowest BCUT2D eigenvalue weighted by Gasteiger charge is -2.13. The number of benzene rings is 1. The van der Waals surface area contributed by atoms with E-state index in [4.69, 9.17) is 5.26 Å². The summed E-state index contributed by atoms with van der Waals surface area (Å²) < 4.78 is 13.3. The zero-order valence-corrected chi connectivity index (χ0v) is 8.62. The van der Waals surface area contributed by atoms with Crippen molar-refractivity contribution in [1.82, 2.24) is 4.90 Å². The van der Waals surface area contributed by atoms with Crippen molar-refractivity contribution in [3.63, 3.8) is 0 Å². The standard InChI is InChI=1S/C11H11FN2O/c1-8-3-4-10(12)9(7-8)11(15)14(2)6-5-13/h3-4,7H,6H2,1-2H3. The molecule has 0 atom stereocenters. The van der Waals surface area contributed by atoms with Gasteiger partial charge >= 0.3 is 0 Å². The highest BCUT2D eigenvalue weighted by Crippen LogP contribution is 2.11. The molecule has 1 aromatic carbocycles. The highest BCUT2D eigenvalue weighted by Gasteiger charge is 2.15. The van der Waals surface area contributed by atoms with Crippen molar-refractivity contribution >= 4 is 5.91 Å². The van der Waals surface area contributed by atoms with Crippen LogP contribution in [0.5, 0.6) is 0 Å². The maximum absolute atomic E-state index is 13.3. The first-order valence-corrected chi connectivity index (χ1v) is 4.45. The van der Waals surface area contributed by atoms with E-state index >= 15 is 0 Å². The summed E-state index contributed by atoms with van der Waals surface area (Å²) in [5.74, 6) is -1.03. The Kier molecular flexibility index (Phi) is 3.40. The van der Waals surface area contributed by atoms with Gasteiger partial charge in [-0.05, 0) is 19.1 Å². The Morgan fingerprint density at radius 2 is 2.27 bits per heavy atom. The lowest BCUT2D eigenvalue weighted by molar-refractivity contribution is 0.0807. The quantitative estimate of drug-likeness (QED) is 0.691. The van der Waals surface area contributed by atoms with E-state index in [1.165, 1.54) is 24.1 Å². The van der Waals surface area contributed by atoms with E-state index in [0.717, 1.165) is 5.56 Å². The zero-order valence-electron chi connectivity index (χ0n) is 8.62. The largest absolute Gasteiger partial charge is 0.328 e. The Hall–Kier alpha value is -1.89. The van der Waals surface area contributed by atoms with Gasteiger partial charge in [0, 0.05) is 7.05 Å². The zero-order chi connectivity index (χ0) is 11.4. The summed E-state index contributed by atoms with van der Waals surface area (Å²) in [6.07, 6.45) is 0. The van der Waals surface area contributed by atoms with Gasteiger partial charge in [-0.25, -0.2) is 4.39 Å². The van der Waals surface area contributed by atoms with Crippen molar-refractivity contribution in [2.75, 3.05) is 13.6 Å². The van der Waals surface area contributed by atoms with Crippen molar-refractivity contribution in [2.24, 2.45) is 0 Å². The van der Waals surface area contributed by atoms with Crippen molar-refractivity contribution in [1.29, 1.82) is 5.26 Å². The number of aryl methyl sites for hydroxylation is 1. The molecule has 78 valence electrons. The Bertz CT molecular complexity index is 423. The molecule has 0 saturated heterocycles. The van der Waals surface area contributed by atoms with Gasteiger partial charge in [0.05, 0.1) is 11.6 Å². The van der Waals surface area contributed by atoms with E-state index in [2.05, 4.69) is 0 Å². The van der Waals surface area contributed by atoms with Crippen LogP contribution in [0, 0.1) is 24.1 Å². The second kappa shape index (κ2) is 4.56. The number of nitrogens with zero attached hydrogens (tertiary/aromatic N) is 2. The number of nitriles is 1. The summed E-state index contributed by atoms with van der Waals surface area (Å²) in [6.45, 7) is 1.73. The number of hydrogen-bond donors (Lipinski definition) is 0. The number of halogens is 1. The number of carbonyl (C=O) groups excluding carboxylic acids is 1. The molecule has 0 aliphatic carbocycles. The average molecular weight is 206 g/mol. The summed E-state index contributed by atoms with van der Waals surface area (Å²) in [6, 6.07) is 6.16. The van der Waals surface area contributed by atoms with E-state index in [1.54, 1.807) is 13.0 Å². The van der Waals surface area contributed by atoms with E-state index in [-0.39, 0.29) is 12.1 Å². The van der Waals surface area contributed by atoms with Crippen molar-refractivity contribution in [3.05, 3.63) is 35.1 Å². The predicted octanol–water partition coefficient (Wildman–Crippen LogP) is 1.73. The normalized spacial score (nSPS) is 9.47. The summed E-state index contributed by atoms with van der Waals surface area (Å²) >= 11 is 0. The molecule has 4 heteroatoms. The van der Waals surface area contributed by atoms with Crippen LogP contribution < -0.4 is 0 Å². The molecule has 1 rings (SSSR count). The SMILES string of the molecule is Cc1ccc(F)c(C(=O)N(C)CC#N)c1. The molecule has 15 heavy (non-hydrogen) atoms. The fourth-order valence-corrected chi connectivity index (χ4v) is 1.19. The van der Waals surface area contributed by atoms with Crippen LogP contribution in [0.15, 0.2) is 18.2 Å². The first-order valence-electron chi connectivity index (χ1n) is 4.45. The van der Waals surface area contributed by atoms with Crippen molar-refractivity contribution in [2.45, 2.75) is 6.92 Å². The van der Waals surface area contributed by atoms with Crippen LogP contribution in [-0.2, 0) is 0 Å². The van der Waals surface area contributed by atoms with E-state index in [9.17, 15) is 9.18 Å². The highest BCUT2D eigenvalue weighted by atomic mass is 19.1. The maximum Gasteiger partial charge on any atom is 0.257 e. The molecule has 0 spiro atoms. The molecule has 0 heterocycles. The van der Waals surface area contributed by atoms with Gasteiger partial charge in [-0.3, -0.25) is 4.79 Å². The van der Waals surface area contributed by atoms with Gasteiger partial charge in [-0.15, -0.1) is 0 Å². The topological polar surface area (TPSA) is 44.1 Å². The molecule has 1 amide bonds. The molecule has 0 bridgehead atoms. The third-order valence-electron chi connectivity index (χ3n) is 2.01. The predicted molar refractivity (Wildman–Crippen MR) is 53.7 cm³/mol. The number of carbonyl (C=O) groups is 1. The first-order chi connectivity index (χ1) is 7.06. The first kappa shape index (κ1) is 11.2. The molecule has 0 aromatic heterocycles. The molecule has 0 saturated carbocycles. The number of rotatable bonds is 2. The van der Waals surface area contributed by atoms with Gasteiger partial charge in [0.1, 0.15) is 12.4 Å². The maximum atomic E-state index is 13.3. The number of hydrogen-bond acceptors (Lipinski definition) is 2. The molecule has 0 fully saturated rings. The fourth-order valence-electron chi connectivity index (χ4n) is 1.19. The molecule has 0 N–H and O–H groups in total. The van der Waals surface area contributed by atoms with Crippen LogP contribution in [-0.4, -0.2) is 24.4 Å². The third-order valence-corrected chi connectivity index (χ3v) is 2.01. The molecule has 3 nitrogen and oxygen atoms in total. The summed E-state index contributed by atoms with van der Waals surface area (Å²) in [7, 11) is 1.47. The van der Waals surface area contributed by atoms with E-state index in [1.807, 2.05) is 6.07 Å². The number of amides is 1. The minimum absolute atomic E-state index is 0.00718. The monoisotopic (exact) mass is 206 g/mol. The molecule has 0 aliphatic heterocycles. The molecule has 0 radical (unpaired) electrons. The molecular weight excluding hydrogens is 195 g/mol. The van der Waals surface area contributed by atoms with Crippen molar-refractivity contribution in [3.8, 4) is 6.07 Å². The minimum Gasteiger partial charge on any atom is -0.328 e. The average Bonchev–Trinajstić information content (AvgIpc) is 2.21. The summed E-state index contributed by atoms with van der Waals surface area (Å²) in [4.78, 5) is 12.8. The summed E-state index contributed by atoms with van der Waals surface area (Å²) in [5, 5.41) is 8.42. The molecule has 1 aromatic rings. The van der Waals surface area contributed by atoms with Crippen LogP contribution >= 0.6 is 0 Å². The van der Waals surface area contributed by atoms with Crippen LogP contribution in [0.1, 0.15) is 15.9 Å². The van der Waals surface area contributed by atoms with E-state index in [0.29, 0.717) is 0 Å². The lowest BCUT2D eigenvalue weighted by atomic mass is 10.1. The van der Waals surface area contributed by atoms with Gasteiger partial charge in [-0.2, -0.15) is 5.26 Å². The van der Waals surface area contributed by atoms with Gasteiger partial charge in [0.15, 0.2) is 0 Å². The smallest absolute Gasteiger partial charge is 0.257 e. The van der Waals surface area contributed by atoms with Crippen LogP contribution in [0.3, 0.4) is 0 Å². The molecule has 0 unspecified atom stereocenters. The third kappa shape index (κ3) is 2.53. The molecule has 0 aliphatic rings. The lowest BCUT2D eigenvalue weighted by Crippen LogP contribution is -2.27. The van der Waals surface area contributed by atoms with Crippen LogP contribution in [0.2, 0.25) is 0 Å². The Balaban J connectivity index is 3.01. The second-order valence-corrected chi connectivity index (χ2v) is 3.30. The Labute approximate surface area is 87.7 Å². The van der Waals surface area contributed by atoms with Gasteiger partial charge in [-0.1, -0.05) is 11.6 Å². The van der Waals surface area contributed by atoms with E-state index < -0.39 is 11.7 Å². The molecular formula is C11H11FN2O. The fraction of sp³-hybridized carbons (Fsp3) is 0.273. The highest BCUT2D eigenvalue weighted by molar-refractivity contribution is 5.94. The Morgan fingerprint density at radius 3 is 2.87 bits per heavy atom. The van der Waals surface area contributed by atoms with Crippen molar-refractivity contribution < 1.29 is 9.18 Å². The van der Waals surface area contributed by atoms with Gasteiger partial charge < -0.3 is 4.90 Å². The second-order valence-electron chi connectivity index (χ2n) is 3.30. The minimum atomic E-state index is -0.560. The summed E-state index contributed by atoms with van der Waals surface area (Å²) in [5.41, 5.74) is 0.817. The van der Waals surface area contributed by atoms with Gasteiger partial charge in [0.2, 0.25) is 0 Å². The Morgan fingerprint density at radius 1 is 1.60 bits per heavy atom.